The number of ether oxygens (including phenoxy) is 2. The van der Waals surface area contributed by atoms with Crippen molar-refractivity contribution < 1.29 is 39.0 Å². The second kappa shape index (κ2) is 21.8. The summed E-state index contributed by atoms with van der Waals surface area (Å²) in [5, 5.41) is 32.8. The van der Waals surface area contributed by atoms with E-state index in [0.29, 0.717) is 34.0 Å². The lowest BCUT2D eigenvalue weighted by atomic mass is 9.77. The molecule has 0 radical (unpaired) electrons. The number of benzene rings is 3. The minimum atomic E-state index is -1.35. The molecule has 6 rings (SSSR count). The second-order valence-corrected chi connectivity index (χ2v) is 14.5. The number of aromatic nitrogens is 3. The molecular weight excluding hydrogens is 801 g/mol. The Balaban J connectivity index is 0.000000195. The fraction of sp³-hybridized carbons (Fsp3) is 0.189. The van der Waals surface area contributed by atoms with Crippen molar-refractivity contribution >= 4 is 80.4 Å². The normalized spacial score (nSPS) is 9.96. The molecule has 0 saturated heterocycles. The maximum atomic E-state index is 11.5. The van der Waals surface area contributed by atoms with Crippen LogP contribution in [0.1, 0.15) is 62.0 Å². The van der Waals surface area contributed by atoms with E-state index in [4.69, 9.17) is 24.6 Å². The van der Waals surface area contributed by atoms with Crippen LogP contribution in [0.3, 0.4) is 0 Å². The summed E-state index contributed by atoms with van der Waals surface area (Å²) in [5.74, 6) is -1.70. The van der Waals surface area contributed by atoms with Crippen molar-refractivity contribution in [2.45, 2.75) is 34.6 Å². The lowest BCUT2D eigenvalue weighted by molar-refractivity contribution is 0.0511. The smallest absolute Gasteiger partial charge is 0.476 e. The van der Waals surface area contributed by atoms with Crippen molar-refractivity contribution in [3.8, 4) is 21.1 Å². The van der Waals surface area contributed by atoms with Gasteiger partial charge >= 0.3 is 25.0 Å². The number of hydrogen-bond acceptors (Lipinski definition) is 13. The first-order chi connectivity index (χ1) is 25.4. The van der Waals surface area contributed by atoms with Crippen LogP contribution in [0.25, 0.3) is 21.1 Å². The molecule has 0 fully saturated rings. The van der Waals surface area contributed by atoms with Gasteiger partial charge in [0.05, 0.1) is 13.2 Å². The highest BCUT2D eigenvalue weighted by atomic mass is 79.9. The van der Waals surface area contributed by atoms with Crippen LogP contribution in [0.15, 0.2) is 92.9 Å². The number of carbonyl (C=O) groups excluding carboxylic acids is 2. The van der Waals surface area contributed by atoms with Gasteiger partial charge in [0.15, 0.2) is 21.0 Å². The average molecular weight is 839 g/mol. The number of carbonyl (C=O) groups is 3. The topological polar surface area (TPSA) is 169 Å². The van der Waals surface area contributed by atoms with E-state index in [-0.39, 0.29) is 17.6 Å². The maximum Gasteiger partial charge on any atom is 0.488 e. The van der Waals surface area contributed by atoms with Crippen LogP contribution >= 0.6 is 49.9 Å². The van der Waals surface area contributed by atoms with Gasteiger partial charge in [-0.05, 0) is 67.1 Å². The summed E-state index contributed by atoms with van der Waals surface area (Å²) < 4.78 is 10.3. The van der Waals surface area contributed by atoms with E-state index in [1.54, 1.807) is 42.1 Å². The van der Waals surface area contributed by atoms with Crippen LogP contribution < -0.4 is 5.46 Å². The van der Waals surface area contributed by atoms with E-state index in [2.05, 4.69) is 30.9 Å². The van der Waals surface area contributed by atoms with E-state index in [9.17, 15) is 14.4 Å². The molecule has 0 amide bonds. The summed E-state index contributed by atoms with van der Waals surface area (Å²) >= 11 is 7.33. The predicted octanol–water partition coefficient (Wildman–Crippen LogP) is 7.87. The molecule has 0 bridgehead atoms. The lowest BCUT2D eigenvalue weighted by Crippen LogP contribution is -2.31. The molecule has 276 valence electrons. The van der Waals surface area contributed by atoms with Gasteiger partial charge in [-0.15, -0.1) is 34.0 Å². The van der Waals surface area contributed by atoms with Gasteiger partial charge in [-0.25, -0.2) is 29.3 Å². The van der Waals surface area contributed by atoms with Crippen molar-refractivity contribution in [1.29, 1.82) is 0 Å². The first-order valence-electron chi connectivity index (χ1n) is 16.0. The van der Waals surface area contributed by atoms with Crippen molar-refractivity contribution in [3.63, 3.8) is 0 Å². The highest BCUT2D eigenvalue weighted by molar-refractivity contribution is 9.11. The van der Waals surface area contributed by atoms with Gasteiger partial charge in [0.1, 0.15) is 10.0 Å². The summed E-state index contributed by atoms with van der Waals surface area (Å²) in [4.78, 5) is 45.4. The van der Waals surface area contributed by atoms with Crippen LogP contribution in [0.5, 0.6) is 0 Å². The highest BCUT2D eigenvalue weighted by Crippen LogP contribution is 2.27. The molecule has 3 N–H and O–H groups in total. The fourth-order valence-electron chi connectivity index (χ4n) is 4.24. The first-order valence-corrected chi connectivity index (χ1v) is 19.4. The molecular formula is C37H37BBrN3O8S3. The molecule has 0 atom stereocenters. The molecule has 3 heterocycles. The molecule has 6 aromatic rings. The molecule has 3 aromatic carbocycles. The molecule has 0 aliphatic rings. The number of aryl methyl sites for hydroxylation is 3. The molecule has 16 heteroatoms. The van der Waals surface area contributed by atoms with Gasteiger partial charge in [0.2, 0.25) is 0 Å². The Morgan fingerprint density at radius 2 is 1.06 bits per heavy atom. The van der Waals surface area contributed by atoms with E-state index in [1.165, 1.54) is 34.0 Å². The SMILES string of the molecule is CCOC(=O)c1csc(-c2ccccc2C)n1.CCOC(=O)c1csc(Br)n1.Cc1ccccc1-c1nc(C(=O)O)cs1.Cc1ccccc1B(O)O. The molecule has 3 aromatic heterocycles. The van der Waals surface area contributed by atoms with Gasteiger partial charge in [-0.1, -0.05) is 78.4 Å². The number of nitrogens with zero attached hydrogens (tertiary/aromatic N) is 3. The second-order valence-electron chi connectivity index (χ2n) is 10.7. The lowest BCUT2D eigenvalue weighted by Gasteiger charge is -2.01. The molecule has 0 aliphatic carbocycles. The van der Waals surface area contributed by atoms with Crippen molar-refractivity contribution in [1.82, 2.24) is 15.0 Å². The van der Waals surface area contributed by atoms with Gasteiger partial charge in [-0.2, -0.15) is 0 Å². The number of carboxylic acid groups (broad SMARTS) is 1. The standard InChI is InChI=1S/C13H13NO2S.C11H9NO2S.C7H9BO2.C6H6BrNO2S/c1-3-16-13(15)11-8-17-12(14-11)10-7-5-4-6-9(10)2;1-7-4-2-3-5-8(7)10-12-9(6-15-10)11(13)14;1-6-4-2-3-5-7(6)8(9)10;1-2-10-5(9)4-3-11-6(7)8-4/h4-8H,3H2,1-2H3;2-6H,1H3,(H,13,14);2-5,9-10H,1H3;3H,2H2,1H3. The quantitative estimate of drug-likeness (QED) is 0.101. The Labute approximate surface area is 328 Å². The zero-order valence-electron chi connectivity index (χ0n) is 29.5. The van der Waals surface area contributed by atoms with Crippen LogP contribution in [-0.4, -0.2) is 68.3 Å². The molecule has 11 nitrogen and oxygen atoms in total. The number of esters is 2. The van der Waals surface area contributed by atoms with Crippen LogP contribution in [0.2, 0.25) is 0 Å². The van der Waals surface area contributed by atoms with E-state index >= 15 is 0 Å². The van der Waals surface area contributed by atoms with Gasteiger partial charge in [0.25, 0.3) is 0 Å². The molecule has 0 unspecified atom stereocenters. The summed E-state index contributed by atoms with van der Waals surface area (Å²) in [6.07, 6.45) is 0. The molecule has 0 aliphatic heterocycles. The number of aromatic carboxylic acids is 1. The van der Waals surface area contributed by atoms with E-state index < -0.39 is 13.1 Å². The highest BCUT2D eigenvalue weighted by Gasteiger charge is 2.14. The van der Waals surface area contributed by atoms with E-state index in [1.807, 2.05) is 81.4 Å². The van der Waals surface area contributed by atoms with Crippen LogP contribution in [0, 0.1) is 20.8 Å². The van der Waals surface area contributed by atoms with Crippen LogP contribution in [0.4, 0.5) is 0 Å². The number of rotatable bonds is 8. The zero-order chi connectivity index (χ0) is 38.9. The minimum Gasteiger partial charge on any atom is -0.476 e. The largest absolute Gasteiger partial charge is 0.488 e. The Bertz CT molecular complexity index is 2100. The predicted molar refractivity (Wildman–Crippen MR) is 214 cm³/mol. The summed E-state index contributed by atoms with van der Waals surface area (Å²) in [7, 11) is -1.35. The van der Waals surface area contributed by atoms with Gasteiger partial charge in [-0.3, -0.25) is 0 Å². The zero-order valence-corrected chi connectivity index (χ0v) is 33.5. The fourth-order valence-corrected chi connectivity index (χ4v) is 6.99. The molecule has 0 spiro atoms. The van der Waals surface area contributed by atoms with Gasteiger partial charge < -0.3 is 24.6 Å². The molecule has 0 saturated carbocycles. The number of hydrogen-bond donors (Lipinski definition) is 3. The summed E-state index contributed by atoms with van der Waals surface area (Å²) in [5.41, 5.74) is 6.64. The van der Waals surface area contributed by atoms with Crippen LogP contribution in [-0.2, 0) is 9.47 Å². The average Bonchev–Trinajstić information content (AvgIpc) is 3.92. The third-order valence-corrected chi connectivity index (χ3v) is 10.0. The van der Waals surface area contributed by atoms with Crippen molar-refractivity contribution in [3.05, 3.63) is 127 Å². The summed E-state index contributed by atoms with van der Waals surface area (Å²) in [6.45, 7) is 10.2. The van der Waals surface area contributed by atoms with Crippen molar-refractivity contribution in [2.75, 3.05) is 13.2 Å². The van der Waals surface area contributed by atoms with Gasteiger partial charge in [0, 0.05) is 27.3 Å². The summed E-state index contributed by atoms with van der Waals surface area (Å²) in [6, 6.07) is 23.0. The third-order valence-electron chi connectivity index (χ3n) is 6.89. The Morgan fingerprint density at radius 3 is 1.43 bits per heavy atom. The Morgan fingerprint density at radius 1 is 0.642 bits per heavy atom. The monoisotopic (exact) mass is 837 g/mol. The van der Waals surface area contributed by atoms with E-state index in [0.717, 1.165) is 37.8 Å². The number of carboxylic acids is 1. The first kappa shape index (κ1) is 42.8. The minimum absolute atomic E-state index is 0.109. The Kier molecular flexibility index (Phi) is 17.6. The van der Waals surface area contributed by atoms with Crippen molar-refractivity contribution in [2.24, 2.45) is 0 Å². The molecule has 53 heavy (non-hydrogen) atoms. The third kappa shape index (κ3) is 13.4. The maximum absolute atomic E-state index is 11.5. The Hall–Kier alpha value is -4.58. The number of halogens is 1. The number of thiazole rings is 3.